The highest BCUT2D eigenvalue weighted by Gasteiger charge is 2.30. The Hall–Kier alpha value is -1.34. The van der Waals surface area contributed by atoms with Crippen LogP contribution in [-0.2, 0) is 6.18 Å². The van der Waals surface area contributed by atoms with Gasteiger partial charge in [-0.05, 0) is 19.2 Å². The topological polar surface area (TPSA) is 31.4 Å². The summed E-state index contributed by atoms with van der Waals surface area (Å²) in [6.07, 6.45) is -3.16. The Labute approximate surface area is 103 Å². The normalized spacial score (nSPS) is 18.9. The quantitative estimate of drug-likeness (QED) is 0.876. The van der Waals surface area contributed by atoms with E-state index in [2.05, 4.69) is 15.3 Å². The summed E-state index contributed by atoms with van der Waals surface area (Å²) in [5.74, 6) is 0.231. The molecule has 18 heavy (non-hydrogen) atoms. The Balaban J connectivity index is 2.01. The van der Waals surface area contributed by atoms with E-state index in [1.807, 2.05) is 12.1 Å². The first-order chi connectivity index (χ1) is 8.45. The highest BCUT2D eigenvalue weighted by atomic mass is 19.4. The summed E-state index contributed by atoms with van der Waals surface area (Å²) in [7, 11) is 2.01. The minimum absolute atomic E-state index is 0.231. The standard InChI is InChI=1S/C11H15F3N4/c1-17-4-6-18(7-5-17)16-10-8-9(2-3-15-10)11(12,13)14/h2-3,8H,4-7H2,1H3,(H,15,16). The predicted octanol–water partition coefficient (Wildman–Crippen LogP) is 1.67. The summed E-state index contributed by atoms with van der Waals surface area (Å²) in [4.78, 5) is 6.06. The number of hydrazine groups is 1. The number of likely N-dealkylation sites (N-methyl/N-ethyl adjacent to an activating group) is 1. The van der Waals surface area contributed by atoms with Crippen molar-refractivity contribution in [2.24, 2.45) is 0 Å². The zero-order valence-corrected chi connectivity index (χ0v) is 10.0. The van der Waals surface area contributed by atoms with Crippen LogP contribution in [0.3, 0.4) is 0 Å². The van der Waals surface area contributed by atoms with Gasteiger partial charge < -0.3 is 10.3 Å². The highest BCUT2D eigenvalue weighted by molar-refractivity contribution is 5.37. The van der Waals surface area contributed by atoms with Gasteiger partial charge in [-0.3, -0.25) is 0 Å². The number of halogens is 3. The Morgan fingerprint density at radius 2 is 1.89 bits per heavy atom. The first-order valence-electron chi connectivity index (χ1n) is 5.68. The number of pyridine rings is 1. The number of hydrogen-bond acceptors (Lipinski definition) is 4. The maximum atomic E-state index is 12.5. The molecule has 1 aromatic heterocycles. The molecule has 1 N–H and O–H groups in total. The second-order valence-corrected chi connectivity index (χ2v) is 4.33. The van der Waals surface area contributed by atoms with Gasteiger partial charge in [0.1, 0.15) is 5.82 Å². The first kappa shape index (κ1) is 13.1. The molecule has 0 aliphatic carbocycles. The number of aromatic nitrogens is 1. The minimum atomic E-state index is -4.33. The fraction of sp³-hybridized carbons (Fsp3) is 0.545. The van der Waals surface area contributed by atoms with E-state index >= 15 is 0 Å². The van der Waals surface area contributed by atoms with E-state index in [1.54, 1.807) is 0 Å². The van der Waals surface area contributed by atoms with Gasteiger partial charge in [0.15, 0.2) is 0 Å². The third-order valence-corrected chi connectivity index (χ3v) is 2.86. The molecule has 1 aliphatic rings. The number of anilines is 1. The second kappa shape index (κ2) is 5.11. The van der Waals surface area contributed by atoms with Crippen LogP contribution in [0.4, 0.5) is 19.0 Å². The molecule has 0 spiro atoms. The average molecular weight is 260 g/mol. The van der Waals surface area contributed by atoms with Gasteiger partial charge in [-0.15, -0.1) is 0 Å². The molecule has 0 unspecified atom stereocenters. The largest absolute Gasteiger partial charge is 0.416 e. The molecule has 2 rings (SSSR count). The molecule has 0 aromatic carbocycles. The van der Waals surface area contributed by atoms with E-state index in [0.29, 0.717) is 0 Å². The molecule has 1 aromatic rings. The molecule has 0 bridgehead atoms. The third kappa shape index (κ3) is 3.33. The molecule has 2 heterocycles. The van der Waals surface area contributed by atoms with Crippen LogP contribution in [0.2, 0.25) is 0 Å². The van der Waals surface area contributed by atoms with Crippen molar-refractivity contribution in [2.75, 3.05) is 38.7 Å². The third-order valence-electron chi connectivity index (χ3n) is 2.86. The van der Waals surface area contributed by atoms with Crippen LogP contribution >= 0.6 is 0 Å². The predicted molar refractivity (Wildman–Crippen MR) is 61.9 cm³/mol. The summed E-state index contributed by atoms with van der Waals surface area (Å²) in [5, 5.41) is 1.88. The number of alkyl halides is 3. The van der Waals surface area contributed by atoms with E-state index in [9.17, 15) is 13.2 Å². The van der Waals surface area contributed by atoms with E-state index in [4.69, 9.17) is 0 Å². The lowest BCUT2D eigenvalue weighted by Gasteiger charge is -2.32. The number of nitrogens with one attached hydrogen (secondary N) is 1. The zero-order chi connectivity index (χ0) is 13.2. The SMILES string of the molecule is CN1CCN(Nc2cc(C(F)(F)F)ccn2)CC1. The smallest absolute Gasteiger partial charge is 0.304 e. The van der Waals surface area contributed by atoms with Crippen LogP contribution in [-0.4, -0.2) is 48.1 Å². The molecular weight excluding hydrogens is 245 g/mol. The monoisotopic (exact) mass is 260 g/mol. The van der Waals surface area contributed by atoms with Crippen LogP contribution in [0.25, 0.3) is 0 Å². The van der Waals surface area contributed by atoms with Crippen LogP contribution in [0.5, 0.6) is 0 Å². The molecular formula is C11H15F3N4. The van der Waals surface area contributed by atoms with Gasteiger partial charge in [-0.25, -0.2) is 9.99 Å². The van der Waals surface area contributed by atoms with Crippen molar-refractivity contribution < 1.29 is 13.2 Å². The van der Waals surface area contributed by atoms with Crippen LogP contribution in [0.1, 0.15) is 5.56 Å². The van der Waals surface area contributed by atoms with Crippen molar-refractivity contribution in [3.8, 4) is 0 Å². The summed E-state index contributed by atoms with van der Waals surface area (Å²) < 4.78 is 37.6. The average Bonchev–Trinajstić information content (AvgIpc) is 2.31. The Morgan fingerprint density at radius 3 is 2.50 bits per heavy atom. The summed E-state index contributed by atoms with van der Waals surface area (Å²) in [5.41, 5.74) is 2.22. The molecule has 7 heteroatoms. The fourth-order valence-corrected chi connectivity index (χ4v) is 1.75. The molecule has 4 nitrogen and oxygen atoms in total. The van der Waals surface area contributed by atoms with E-state index in [1.165, 1.54) is 6.20 Å². The lowest BCUT2D eigenvalue weighted by molar-refractivity contribution is -0.137. The van der Waals surface area contributed by atoms with Gasteiger partial charge in [0.2, 0.25) is 0 Å². The first-order valence-corrected chi connectivity index (χ1v) is 5.68. The summed E-state index contributed by atoms with van der Waals surface area (Å²) in [6.45, 7) is 3.28. The van der Waals surface area contributed by atoms with Crippen LogP contribution < -0.4 is 5.43 Å². The van der Waals surface area contributed by atoms with Crippen LogP contribution in [0.15, 0.2) is 18.3 Å². The maximum absolute atomic E-state index is 12.5. The number of rotatable bonds is 2. The van der Waals surface area contributed by atoms with Gasteiger partial charge in [-0.2, -0.15) is 13.2 Å². The van der Waals surface area contributed by atoms with Gasteiger partial charge in [0.05, 0.1) is 5.56 Å². The Morgan fingerprint density at radius 1 is 1.22 bits per heavy atom. The van der Waals surface area contributed by atoms with Gasteiger partial charge in [0.25, 0.3) is 0 Å². The summed E-state index contributed by atoms with van der Waals surface area (Å²) >= 11 is 0. The van der Waals surface area contributed by atoms with E-state index in [0.717, 1.165) is 38.3 Å². The van der Waals surface area contributed by atoms with Crippen molar-refractivity contribution in [1.29, 1.82) is 0 Å². The lowest BCUT2D eigenvalue weighted by Crippen LogP contribution is -2.47. The molecule has 0 atom stereocenters. The van der Waals surface area contributed by atoms with Crippen molar-refractivity contribution in [3.63, 3.8) is 0 Å². The molecule has 0 radical (unpaired) electrons. The van der Waals surface area contributed by atoms with Gasteiger partial charge in [0, 0.05) is 32.4 Å². The number of nitrogens with zero attached hydrogens (tertiary/aromatic N) is 3. The maximum Gasteiger partial charge on any atom is 0.416 e. The Bertz CT molecular complexity index is 400. The van der Waals surface area contributed by atoms with Crippen molar-refractivity contribution in [1.82, 2.24) is 14.9 Å². The number of piperazine rings is 1. The molecule has 1 saturated heterocycles. The Kier molecular flexibility index (Phi) is 3.72. The van der Waals surface area contributed by atoms with Crippen molar-refractivity contribution >= 4 is 5.82 Å². The summed E-state index contributed by atoms with van der Waals surface area (Å²) in [6, 6.07) is 1.99. The minimum Gasteiger partial charge on any atom is -0.304 e. The van der Waals surface area contributed by atoms with Gasteiger partial charge >= 0.3 is 6.18 Å². The highest BCUT2D eigenvalue weighted by Crippen LogP contribution is 2.29. The molecule has 1 aliphatic heterocycles. The molecule has 100 valence electrons. The molecule has 1 fully saturated rings. The van der Waals surface area contributed by atoms with Crippen molar-refractivity contribution in [2.45, 2.75) is 6.18 Å². The number of hydrogen-bond donors (Lipinski definition) is 1. The zero-order valence-electron chi connectivity index (χ0n) is 10.0. The molecule has 0 saturated carbocycles. The lowest BCUT2D eigenvalue weighted by atomic mass is 10.2. The van der Waals surface area contributed by atoms with Gasteiger partial charge in [-0.1, -0.05) is 0 Å². The second-order valence-electron chi connectivity index (χ2n) is 4.33. The molecule has 0 amide bonds. The van der Waals surface area contributed by atoms with E-state index in [-0.39, 0.29) is 5.82 Å². The van der Waals surface area contributed by atoms with E-state index < -0.39 is 11.7 Å². The van der Waals surface area contributed by atoms with Crippen LogP contribution in [0, 0.1) is 0 Å². The van der Waals surface area contributed by atoms with Crippen molar-refractivity contribution in [3.05, 3.63) is 23.9 Å². The fourth-order valence-electron chi connectivity index (χ4n) is 1.75.